The number of benzene rings is 3. The maximum absolute atomic E-state index is 15.6. The monoisotopic (exact) mass is 573 g/mol. The molecule has 2 heterocycles. The van der Waals surface area contributed by atoms with Gasteiger partial charge >= 0.3 is 5.97 Å². The first-order valence-corrected chi connectivity index (χ1v) is 14.6. The van der Waals surface area contributed by atoms with Crippen LogP contribution in [0, 0.1) is 33.5 Å². The standard InChI is InChI=1S/C35H40FNO5/c1-19-10-12-23(13-11-19)33(38)37-15-14-24-21(3)30(32(34(39)40)42-35(5,6)7)29(22(4)27(24)18-37)26-17-28(36)31-25(20(26)2)9-8-16-41-31/h10-13,17,32H,8-9,14-16,18H2,1-7H3,(H,39,40)/t32-/m0/s1. The zero-order valence-corrected chi connectivity index (χ0v) is 25.6. The van der Waals surface area contributed by atoms with Gasteiger partial charge in [-0.15, -0.1) is 0 Å². The molecule has 1 amide bonds. The average molecular weight is 574 g/mol. The van der Waals surface area contributed by atoms with Crippen molar-refractivity contribution in [3.8, 4) is 16.9 Å². The second-order valence-electron chi connectivity index (χ2n) is 12.6. The fraction of sp³-hybridized carbons (Fsp3) is 0.429. The first-order chi connectivity index (χ1) is 19.8. The second kappa shape index (κ2) is 11.2. The average Bonchev–Trinajstić information content (AvgIpc) is 2.95. The fourth-order valence-electron chi connectivity index (χ4n) is 6.46. The molecule has 6 nitrogen and oxygen atoms in total. The van der Waals surface area contributed by atoms with Crippen LogP contribution in [0.5, 0.6) is 5.75 Å². The highest BCUT2D eigenvalue weighted by atomic mass is 19.1. The zero-order valence-electron chi connectivity index (χ0n) is 25.6. The molecular formula is C35H40FNO5. The number of hydrogen-bond acceptors (Lipinski definition) is 4. The first kappa shape index (κ1) is 29.8. The van der Waals surface area contributed by atoms with Crippen LogP contribution in [0.1, 0.15) is 88.2 Å². The lowest BCUT2D eigenvalue weighted by molar-refractivity contribution is -0.160. The van der Waals surface area contributed by atoms with Crippen molar-refractivity contribution in [1.29, 1.82) is 0 Å². The number of aryl methyl sites for hydroxylation is 1. The van der Waals surface area contributed by atoms with Crippen molar-refractivity contribution >= 4 is 11.9 Å². The first-order valence-electron chi connectivity index (χ1n) is 14.6. The quantitative estimate of drug-likeness (QED) is 0.350. The van der Waals surface area contributed by atoms with Crippen molar-refractivity contribution < 1.29 is 28.6 Å². The van der Waals surface area contributed by atoms with Gasteiger partial charge in [0.05, 0.1) is 12.2 Å². The van der Waals surface area contributed by atoms with Gasteiger partial charge in [-0.25, -0.2) is 9.18 Å². The minimum absolute atomic E-state index is 0.0454. The summed E-state index contributed by atoms with van der Waals surface area (Å²) in [6.07, 6.45) is 0.794. The molecule has 7 heteroatoms. The van der Waals surface area contributed by atoms with E-state index in [-0.39, 0.29) is 11.7 Å². The normalized spacial score (nSPS) is 15.5. The Balaban J connectivity index is 1.73. The van der Waals surface area contributed by atoms with Gasteiger partial charge in [-0.05, 0) is 125 Å². The zero-order chi connectivity index (χ0) is 30.5. The van der Waals surface area contributed by atoms with Crippen molar-refractivity contribution in [3.63, 3.8) is 0 Å². The summed E-state index contributed by atoms with van der Waals surface area (Å²) in [5.74, 6) is -1.31. The molecule has 0 unspecified atom stereocenters. The molecule has 2 aliphatic rings. The van der Waals surface area contributed by atoms with Crippen LogP contribution in [0.4, 0.5) is 4.39 Å². The number of nitrogens with zero attached hydrogens (tertiary/aromatic N) is 1. The van der Waals surface area contributed by atoms with Gasteiger partial charge < -0.3 is 19.5 Å². The van der Waals surface area contributed by atoms with Gasteiger partial charge in [-0.1, -0.05) is 17.7 Å². The van der Waals surface area contributed by atoms with Gasteiger partial charge in [0.2, 0.25) is 0 Å². The number of ether oxygens (including phenoxy) is 2. The molecule has 0 radical (unpaired) electrons. The third-order valence-electron chi connectivity index (χ3n) is 8.55. The molecule has 0 spiro atoms. The Morgan fingerprint density at radius 2 is 1.67 bits per heavy atom. The lowest BCUT2D eigenvalue weighted by Gasteiger charge is -2.36. The number of rotatable bonds is 5. The van der Waals surface area contributed by atoms with Gasteiger partial charge in [-0.3, -0.25) is 4.79 Å². The van der Waals surface area contributed by atoms with Crippen molar-refractivity contribution in [2.75, 3.05) is 13.2 Å². The number of halogens is 1. The number of aliphatic carboxylic acids is 1. The Hall–Kier alpha value is -3.71. The molecule has 2 aliphatic heterocycles. The molecule has 1 atom stereocenters. The molecule has 3 aromatic rings. The molecule has 222 valence electrons. The number of hydrogen-bond donors (Lipinski definition) is 1. The van der Waals surface area contributed by atoms with E-state index < -0.39 is 23.5 Å². The van der Waals surface area contributed by atoms with Crippen LogP contribution >= 0.6 is 0 Å². The van der Waals surface area contributed by atoms with Gasteiger partial charge in [0.25, 0.3) is 5.91 Å². The molecule has 0 bridgehead atoms. The molecule has 0 aromatic heterocycles. The highest BCUT2D eigenvalue weighted by molar-refractivity contribution is 5.94. The highest BCUT2D eigenvalue weighted by Gasteiger charge is 2.36. The summed E-state index contributed by atoms with van der Waals surface area (Å²) in [6, 6.07) is 9.04. The summed E-state index contributed by atoms with van der Waals surface area (Å²) in [5.41, 5.74) is 8.19. The number of amides is 1. The van der Waals surface area contributed by atoms with E-state index in [1.165, 1.54) is 6.07 Å². The molecule has 5 rings (SSSR count). The molecule has 1 N–H and O–H groups in total. The van der Waals surface area contributed by atoms with E-state index in [0.717, 1.165) is 45.4 Å². The third kappa shape index (κ3) is 5.42. The predicted octanol–water partition coefficient (Wildman–Crippen LogP) is 7.19. The van der Waals surface area contributed by atoms with E-state index in [2.05, 4.69) is 0 Å². The molecule has 0 saturated carbocycles. The summed E-state index contributed by atoms with van der Waals surface area (Å²) >= 11 is 0. The van der Waals surface area contributed by atoms with Crippen molar-refractivity contribution in [1.82, 2.24) is 4.90 Å². The van der Waals surface area contributed by atoms with Crippen molar-refractivity contribution in [2.24, 2.45) is 0 Å². The van der Waals surface area contributed by atoms with Gasteiger partial charge in [-0.2, -0.15) is 0 Å². The van der Waals surface area contributed by atoms with Crippen LogP contribution in [-0.4, -0.2) is 40.6 Å². The van der Waals surface area contributed by atoms with Crippen molar-refractivity contribution in [2.45, 2.75) is 86.0 Å². The molecule has 0 fully saturated rings. The fourth-order valence-corrected chi connectivity index (χ4v) is 6.46. The molecule has 0 aliphatic carbocycles. The lowest BCUT2D eigenvalue weighted by atomic mass is 9.78. The van der Waals surface area contributed by atoms with Gasteiger partial charge in [0.1, 0.15) is 0 Å². The number of carbonyl (C=O) groups is 2. The number of carboxylic acid groups (broad SMARTS) is 1. The lowest BCUT2D eigenvalue weighted by Crippen LogP contribution is -2.37. The largest absolute Gasteiger partial charge is 0.490 e. The SMILES string of the molecule is Cc1ccc(C(=O)N2CCc3c(C)c([C@H](OC(C)(C)C)C(=O)O)c(-c4cc(F)c5c(c4C)CCCO5)c(C)c3C2)cc1. The number of carbonyl (C=O) groups excluding carboxylic acids is 1. The Bertz CT molecular complexity index is 1570. The number of carboxylic acids is 1. The Kier molecular flexibility index (Phi) is 7.92. The molecule has 0 saturated heterocycles. The van der Waals surface area contributed by atoms with Crippen LogP contribution in [0.15, 0.2) is 30.3 Å². The van der Waals surface area contributed by atoms with Crippen molar-refractivity contribution in [3.05, 3.63) is 86.2 Å². The molecular weight excluding hydrogens is 533 g/mol. The maximum atomic E-state index is 15.6. The minimum Gasteiger partial charge on any atom is -0.490 e. The highest BCUT2D eigenvalue weighted by Crippen LogP contribution is 2.46. The summed E-state index contributed by atoms with van der Waals surface area (Å²) in [4.78, 5) is 28.2. The summed E-state index contributed by atoms with van der Waals surface area (Å²) < 4.78 is 27.5. The van der Waals surface area contributed by atoms with E-state index >= 15 is 4.39 Å². The smallest absolute Gasteiger partial charge is 0.337 e. The van der Waals surface area contributed by atoms with Gasteiger partial charge in [0.15, 0.2) is 17.7 Å². The van der Waals surface area contributed by atoms with Crippen LogP contribution in [-0.2, 0) is 28.9 Å². The van der Waals surface area contributed by atoms with Crippen LogP contribution in [0.25, 0.3) is 11.1 Å². The minimum atomic E-state index is -1.26. The summed E-state index contributed by atoms with van der Waals surface area (Å²) in [7, 11) is 0. The van der Waals surface area contributed by atoms with Crippen LogP contribution in [0.3, 0.4) is 0 Å². The summed E-state index contributed by atoms with van der Waals surface area (Å²) in [5, 5.41) is 10.5. The Labute approximate surface area is 247 Å². The van der Waals surface area contributed by atoms with E-state index in [4.69, 9.17) is 9.47 Å². The van der Waals surface area contributed by atoms with E-state index in [9.17, 15) is 14.7 Å². The molecule has 3 aromatic carbocycles. The Morgan fingerprint density at radius 3 is 2.31 bits per heavy atom. The van der Waals surface area contributed by atoms with Gasteiger partial charge in [0, 0.05) is 29.8 Å². The topological polar surface area (TPSA) is 76.1 Å². The third-order valence-corrected chi connectivity index (χ3v) is 8.55. The maximum Gasteiger partial charge on any atom is 0.337 e. The van der Waals surface area contributed by atoms with Crippen LogP contribution in [0.2, 0.25) is 0 Å². The second-order valence-corrected chi connectivity index (χ2v) is 12.6. The number of fused-ring (bicyclic) bond motifs is 2. The Morgan fingerprint density at radius 1 is 0.976 bits per heavy atom. The molecule has 42 heavy (non-hydrogen) atoms. The summed E-state index contributed by atoms with van der Waals surface area (Å²) in [6.45, 7) is 14.7. The van der Waals surface area contributed by atoms with E-state index in [1.807, 2.05) is 77.6 Å². The van der Waals surface area contributed by atoms with Crippen LogP contribution < -0.4 is 4.74 Å². The van der Waals surface area contributed by atoms with E-state index in [1.54, 1.807) is 0 Å². The predicted molar refractivity (Wildman–Crippen MR) is 161 cm³/mol. The van der Waals surface area contributed by atoms with E-state index in [0.29, 0.717) is 54.8 Å².